The summed E-state index contributed by atoms with van der Waals surface area (Å²) in [6.07, 6.45) is 6.84. The van der Waals surface area contributed by atoms with Crippen LogP contribution < -0.4 is 14.8 Å². The first kappa shape index (κ1) is 18.3. The third-order valence-corrected chi connectivity index (χ3v) is 6.36. The van der Waals surface area contributed by atoms with Crippen LogP contribution in [0.2, 0.25) is 0 Å². The zero-order valence-corrected chi connectivity index (χ0v) is 16.9. The minimum atomic E-state index is -0.0502. The maximum atomic E-state index is 12.8. The topological polar surface area (TPSA) is 68.6 Å². The molecular formula is C22H28N4O3. The van der Waals surface area contributed by atoms with E-state index in [1.54, 1.807) is 0 Å². The van der Waals surface area contributed by atoms with Gasteiger partial charge in [-0.05, 0) is 44.2 Å². The SMILES string of the molecule is Cc1cnc(C2CCC2)n1CC1CCN(C(=O)Nc2ccc3c(c2)OCCO3)C1. The van der Waals surface area contributed by atoms with Crippen molar-refractivity contribution in [3.8, 4) is 11.5 Å². The predicted molar refractivity (Wildman–Crippen MR) is 110 cm³/mol. The van der Waals surface area contributed by atoms with Gasteiger partial charge in [0.25, 0.3) is 0 Å². The molecule has 1 saturated carbocycles. The van der Waals surface area contributed by atoms with Gasteiger partial charge in [-0.15, -0.1) is 0 Å². The Labute approximate surface area is 171 Å². The summed E-state index contributed by atoms with van der Waals surface area (Å²) >= 11 is 0. The third-order valence-electron chi connectivity index (χ3n) is 6.36. The second kappa shape index (κ2) is 7.61. The average molecular weight is 396 g/mol. The Hall–Kier alpha value is -2.70. The fraction of sp³-hybridized carbons (Fsp3) is 0.545. The van der Waals surface area contributed by atoms with Crippen LogP contribution in [0, 0.1) is 12.8 Å². The van der Waals surface area contributed by atoms with Crippen LogP contribution in [0.25, 0.3) is 0 Å². The Morgan fingerprint density at radius 1 is 1.21 bits per heavy atom. The molecule has 1 aromatic heterocycles. The van der Waals surface area contributed by atoms with Crippen LogP contribution in [-0.4, -0.2) is 46.8 Å². The average Bonchev–Trinajstić information content (AvgIpc) is 3.29. The van der Waals surface area contributed by atoms with Crippen molar-refractivity contribution in [3.63, 3.8) is 0 Å². The zero-order chi connectivity index (χ0) is 19.8. The highest BCUT2D eigenvalue weighted by Gasteiger charge is 2.30. The predicted octanol–water partition coefficient (Wildman–Crippen LogP) is 3.78. The number of ether oxygens (including phenoxy) is 2. The molecule has 1 atom stereocenters. The van der Waals surface area contributed by atoms with E-state index in [1.165, 1.54) is 30.8 Å². The highest BCUT2D eigenvalue weighted by atomic mass is 16.6. The molecule has 3 heterocycles. The Morgan fingerprint density at radius 3 is 2.83 bits per heavy atom. The fourth-order valence-electron chi connectivity index (χ4n) is 4.46. The molecule has 0 bridgehead atoms. The van der Waals surface area contributed by atoms with Crippen molar-refractivity contribution in [2.24, 2.45) is 5.92 Å². The van der Waals surface area contributed by atoms with Crippen molar-refractivity contribution in [2.45, 2.75) is 45.1 Å². The van der Waals surface area contributed by atoms with Crippen molar-refractivity contribution in [1.82, 2.24) is 14.5 Å². The van der Waals surface area contributed by atoms with E-state index in [0.29, 0.717) is 30.8 Å². The largest absolute Gasteiger partial charge is 0.486 e. The number of anilines is 1. The maximum absolute atomic E-state index is 12.8. The molecule has 0 spiro atoms. The van der Waals surface area contributed by atoms with Crippen molar-refractivity contribution < 1.29 is 14.3 Å². The number of nitrogens with one attached hydrogen (secondary N) is 1. The highest BCUT2D eigenvalue weighted by Crippen LogP contribution is 2.36. The number of urea groups is 1. The molecular weight excluding hydrogens is 368 g/mol. The van der Waals surface area contributed by atoms with Crippen LogP contribution in [0.3, 0.4) is 0 Å². The summed E-state index contributed by atoms with van der Waals surface area (Å²) in [5.41, 5.74) is 1.96. The first-order chi connectivity index (χ1) is 14.2. The van der Waals surface area contributed by atoms with Gasteiger partial charge in [0.1, 0.15) is 19.0 Å². The normalized spacial score (nSPS) is 21.1. The van der Waals surface area contributed by atoms with Gasteiger partial charge in [-0.25, -0.2) is 9.78 Å². The summed E-state index contributed by atoms with van der Waals surface area (Å²) < 4.78 is 13.5. The lowest BCUT2D eigenvalue weighted by Gasteiger charge is -2.27. The summed E-state index contributed by atoms with van der Waals surface area (Å²) in [5.74, 6) is 3.75. The Balaban J connectivity index is 1.20. The second-order valence-corrected chi connectivity index (χ2v) is 8.39. The number of carbonyl (C=O) groups excluding carboxylic acids is 1. The second-order valence-electron chi connectivity index (χ2n) is 8.39. The van der Waals surface area contributed by atoms with Gasteiger partial charge in [-0.2, -0.15) is 0 Å². The van der Waals surface area contributed by atoms with Gasteiger partial charge in [0, 0.05) is 49.2 Å². The van der Waals surface area contributed by atoms with Crippen LogP contribution in [-0.2, 0) is 6.54 Å². The molecule has 3 aliphatic rings. The number of nitrogens with zero attached hydrogens (tertiary/aromatic N) is 3. The molecule has 2 aliphatic heterocycles. The van der Waals surface area contributed by atoms with Crippen molar-refractivity contribution >= 4 is 11.7 Å². The van der Waals surface area contributed by atoms with E-state index < -0.39 is 0 Å². The molecule has 2 amide bonds. The van der Waals surface area contributed by atoms with E-state index in [-0.39, 0.29) is 6.03 Å². The number of aromatic nitrogens is 2. The summed E-state index contributed by atoms with van der Waals surface area (Å²) in [5, 5.41) is 3.00. The molecule has 1 saturated heterocycles. The number of benzene rings is 1. The minimum absolute atomic E-state index is 0.0502. The summed E-state index contributed by atoms with van der Waals surface area (Å²) in [7, 11) is 0. The van der Waals surface area contributed by atoms with Crippen LogP contribution in [0.4, 0.5) is 10.5 Å². The Morgan fingerprint density at radius 2 is 2.03 bits per heavy atom. The van der Waals surface area contributed by atoms with Gasteiger partial charge >= 0.3 is 6.03 Å². The van der Waals surface area contributed by atoms with E-state index in [9.17, 15) is 4.79 Å². The summed E-state index contributed by atoms with van der Waals surface area (Å²) in [4.78, 5) is 19.3. The molecule has 7 nitrogen and oxygen atoms in total. The van der Waals surface area contributed by atoms with Crippen molar-refractivity contribution in [3.05, 3.63) is 35.9 Å². The van der Waals surface area contributed by atoms with E-state index in [1.807, 2.05) is 29.3 Å². The molecule has 7 heteroatoms. The van der Waals surface area contributed by atoms with Crippen LogP contribution in [0.5, 0.6) is 11.5 Å². The highest BCUT2D eigenvalue weighted by molar-refractivity contribution is 5.90. The molecule has 0 radical (unpaired) electrons. The summed E-state index contributed by atoms with van der Waals surface area (Å²) in [6, 6.07) is 5.49. The smallest absolute Gasteiger partial charge is 0.321 e. The standard InChI is InChI=1S/C22H28N4O3/c1-15-12-23-21(17-3-2-4-17)26(15)14-16-7-8-25(13-16)22(27)24-18-5-6-19-20(11-18)29-10-9-28-19/h5-6,11-12,16-17H,2-4,7-10,13-14H2,1H3,(H,24,27). The lowest BCUT2D eigenvalue weighted by Crippen LogP contribution is -2.33. The maximum Gasteiger partial charge on any atom is 0.321 e. The van der Waals surface area contributed by atoms with E-state index >= 15 is 0 Å². The van der Waals surface area contributed by atoms with Gasteiger partial charge in [0.15, 0.2) is 11.5 Å². The van der Waals surface area contributed by atoms with Crippen LogP contribution in [0.15, 0.2) is 24.4 Å². The van der Waals surface area contributed by atoms with Gasteiger partial charge < -0.3 is 24.3 Å². The molecule has 2 fully saturated rings. The van der Waals surface area contributed by atoms with Crippen molar-refractivity contribution in [2.75, 3.05) is 31.6 Å². The van der Waals surface area contributed by atoms with E-state index in [0.717, 1.165) is 37.5 Å². The molecule has 1 aromatic carbocycles. The first-order valence-corrected chi connectivity index (χ1v) is 10.6. The number of hydrogen-bond acceptors (Lipinski definition) is 4. The molecule has 1 aliphatic carbocycles. The zero-order valence-electron chi connectivity index (χ0n) is 16.9. The number of hydrogen-bond donors (Lipinski definition) is 1. The van der Waals surface area contributed by atoms with Crippen LogP contribution in [0.1, 0.15) is 43.1 Å². The van der Waals surface area contributed by atoms with Gasteiger partial charge in [0.05, 0.1) is 0 Å². The number of rotatable bonds is 4. The number of likely N-dealkylation sites (tertiary alicyclic amines) is 1. The first-order valence-electron chi connectivity index (χ1n) is 10.6. The van der Waals surface area contributed by atoms with E-state index in [2.05, 4.69) is 21.8 Å². The monoisotopic (exact) mass is 396 g/mol. The number of imidazole rings is 1. The molecule has 2 aromatic rings. The molecule has 1 unspecified atom stereocenters. The number of aryl methyl sites for hydroxylation is 1. The Bertz CT molecular complexity index is 905. The summed E-state index contributed by atoms with van der Waals surface area (Å²) in [6.45, 7) is 5.75. The molecule has 29 heavy (non-hydrogen) atoms. The number of fused-ring (bicyclic) bond motifs is 1. The fourth-order valence-corrected chi connectivity index (χ4v) is 4.46. The van der Waals surface area contributed by atoms with Gasteiger partial charge in [-0.1, -0.05) is 6.42 Å². The Kier molecular flexibility index (Phi) is 4.81. The number of amides is 2. The molecule has 154 valence electrons. The van der Waals surface area contributed by atoms with Crippen molar-refractivity contribution in [1.29, 1.82) is 0 Å². The quantitative estimate of drug-likeness (QED) is 0.854. The third kappa shape index (κ3) is 3.66. The lowest BCUT2D eigenvalue weighted by atomic mass is 9.84. The van der Waals surface area contributed by atoms with E-state index in [4.69, 9.17) is 9.47 Å². The van der Waals surface area contributed by atoms with Gasteiger partial charge in [-0.3, -0.25) is 0 Å². The molecule has 5 rings (SSSR count). The minimum Gasteiger partial charge on any atom is -0.486 e. The van der Waals surface area contributed by atoms with Crippen LogP contribution >= 0.6 is 0 Å². The number of carbonyl (C=O) groups is 1. The van der Waals surface area contributed by atoms with Gasteiger partial charge in [0.2, 0.25) is 0 Å². The molecule has 1 N–H and O–H groups in total. The lowest BCUT2D eigenvalue weighted by molar-refractivity contribution is 0.171.